The third-order valence-corrected chi connectivity index (χ3v) is 11.5. The van der Waals surface area contributed by atoms with Crippen molar-refractivity contribution in [3.05, 3.63) is 24.3 Å². The predicted octanol–water partition coefficient (Wildman–Crippen LogP) is 0.665. The molecule has 47 heavy (non-hydrogen) atoms. The Balaban J connectivity index is 1.97. The van der Waals surface area contributed by atoms with Crippen LogP contribution in [-0.2, 0) is 28.5 Å². The molecule has 0 radical (unpaired) electrons. The third-order valence-electron chi connectivity index (χ3n) is 7.27. The zero-order chi connectivity index (χ0) is 35.3. The van der Waals surface area contributed by atoms with Crippen molar-refractivity contribution in [1.82, 2.24) is 29.6 Å². The van der Waals surface area contributed by atoms with E-state index >= 15 is 0 Å². The number of rotatable bonds is 16. The van der Waals surface area contributed by atoms with E-state index in [1.54, 1.807) is 17.0 Å². The average Bonchev–Trinajstić information content (AvgIpc) is 2.94. The van der Waals surface area contributed by atoms with E-state index in [0.717, 1.165) is 0 Å². The first-order valence-corrected chi connectivity index (χ1v) is 23.8. The van der Waals surface area contributed by atoms with Crippen LogP contribution in [0.4, 0.5) is 0 Å². The van der Waals surface area contributed by atoms with Gasteiger partial charge >= 0.3 is 0 Å². The SMILES string of the molecule is COc1ccc(S(=O)(=O)NCCCCNC(=O)CN2CCN(CP(C)(=O)O)CCN(CP(C)(=O)O)CCN(CP(C)(=O)O)CC2)cc1. The fourth-order valence-corrected chi connectivity index (χ4v) is 9.20. The molecule has 0 spiro atoms. The summed E-state index contributed by atoms with van der Waals surface area (Å²) in [5.41, 5.74) is 0. The van der Waals surface area contributed by atoms with Gasteiger partial charge in [-0.2, -0.15) is 0 Å². The monoisotopic (exact) mass is 746 g/mol. The molecule has 5 N–H and O–H groups in total. The van der Waals surface area contributed by atoms with Gasteiger partial charge in [-0.05, 0) is 37.1 Å². The van der Waals surface area contributed by atoms with Gasteiger partial charge in [0.1, 0.15) is 5.75 Å². The molecule has 1 aromatic carbocycles. The predicted molar refractivity (Wildman–Crippen MR) is 183 cm³/mol. The first-order valence-electron chi connectivity index (χ1n) is 15.4. The molecular formula is C27H53N6O10P3S. The molecule has 1 heterocycles. The first kappa shape index (κ1) is 42.0. The molecule has 0 bridgehead atoms. The summed E-state index contributed by atoms with van der Waals surface area (Å²) in [6.07, 6.45) is 0.837. The number of carbonyl (C=O) groups excluding carboxylic acids is 1. The van der Waals surface area contributed by atoms with Gasteiger partial charge in [-0.3, -0.25) is 38.1 Å². The Hall–Kier alpha value is -1.19. The Morgan fingerprint density at radius 1 is 0.723 bits per heavy atom. The van der Waals surface area contributed by atoms with Gasteiger partial charge < -0.3 is 24.7 Å². The summed E-state index contributed by atoms with van der Waals surface area (Å²) in [4.78, 5) is 50.5. The van der Waals surface area contributed by atoms with Crippen LogP contribution in [0.2, 0.25) is 0 Å². The molecule has 16 nitrogen and oxygen atoms in total. The highest BCUT2D eigenvalue weighted by atomic mass is 32.2. The fraction of sp³-hybridized carbons (Fsp3) is 0.741. The van der Waals surface area contributed by atoms with E-state index in [4.69, 9.17) is 4.74 Å². The molecule has 1 fully saturated rings. The van der Waals surface area contributed by atoms with E-state index in [-0.39, 0.29) is 42.7 Å². The molecule has 3 unspecified atom stereocenters. The Bertz CT molecular complexity index is 1330. The molecule has 1 amide bonds. The van der Waals surface area contributed by atoms with Crippen molar-refractivity contribution in [3.8, 4) is 5.75 Å². The van der Waals surface area contributed by atoms with Crippen LogP contribution in [0.25, 0.3) is 0 Å². The molecule has 0 saturated carbocycles. The number of methoxy groups -OCH3 is 1. The molecular weight excluding hydrogens is 693 g/mol. The molecule has 20 heteroatoms. The first-order chi connectivity index (χ1) is 21.7. The van der Waals surface area contributed by atoms with Crippen LogP contribution in [0.15, 0.2) is 29.2 Å². The summed E-state index contributed by atoms with van der Waals surface area (Å²) in [6.45, 7) is 7.30. The van der Waals surface area contributed by atoms with Gasteiger partial charge in [-0.15, -0.1) is 0 Å². The van der Waals surface area contributed by atoms with Gasteiger partial charge in [-0.25, -0.2) is 13.1 Å². The Labute approximate surface area is 279 Å². The topological polar surface area (TPSA) is 209 Å². The molecule has 0 aliphatic carbocycles. The van der Waals surface area contributed by atoms with Crippen LogP contribution in [0.1, 0.15) is 12.8 Å². The van der Waals surface area contributed by atoms with Gasteiger partial charge in [0.2, 0.25) is 38.0 Å². The Kier molecular flexibility index (Phi) is 17.2. The van der Waals surface area contributed by atoms with E-state index in [9.17, 15) is 41.6 Å². The number of hydrogen-bond donors (Lipinski definition) is 5. The number of hydrogen-bond acceptors (Lipinski definition) is 11. The molecule has 1 aromatic rings. The third kappa shape index (κ3) is 19.0. The van der Waals surface area contributed by atoms with Crippen LogP contribution in [0.3, 0.4) is 0 Å². The van der Waals surface area contributed by atoms with Crippen molar-refractivity contribution in [2.45, 2.75) is 17.7 Å². The van der Waals surface area contributed by atoms with Gasteiger partial charge in [-0.1, -0.05) is 0 Å². The largest absolute Gasteiger partial charge is 0.497 e. The lowest BCUT2D eigenvalue weighted by molar-refractivity contribution is -0.122. The van der Waals surface area contributed by atoms with E-state index in [2.05, 4.69) is 10.0 Å². The van der Waals surface area contributed by atoms with Gasteiger partial charge in [0, 0.05) is 85.4 Å². The zero-order valence-corrected chi connectivity index (χ0v) is 31.4. The smallest absolute Gasteiger partial charge is 0.240 e. The summed E-state index contributed by atoms with van der Waals surface area (Å²) >= 11 is 0. The number of carbonyl (C=O) groups is 1. The van der Waals surface area contributed by atoms with Crippen LogP contribution in [0, 0.1) is 0 Å². The maximum absolute atomic E-state index is 12.9. The summed E-state index contributed by atoms with van der Waals surface area (Å²) in [5.74, 6) is 0.310. The second kappa shape index (κ2) is 19.3. The number of nitrogens with one attached hydrogen (secondary N) is 2. The minimum atomic E-state index is -3.67. The highest BCUT2D eigenvalue weighted by molar-refractivity contribution is 7.89. The lowest BCUT2D eigenvalue weighted by Gasteiger charge is -2.34. The number of amides is 1. The molecule has 1 aliphatic rings. The van der Waals surface area contributed by atoms with Crippen LogP contribution in [0.5, 0.6) is 5.75 Å². The minimum Gasteiger partial charge on any atom is -0.497 e. The van der Waals surface area contributed by atoms with Crippen molar-refractivity contribution in [2.75, 3.05) is 118 Å². The summed E-state index contributed by atoms with van der Waals surface area (Å²) < 4.78 is 69.4. The molecule has 272 valence electrons. The van der Waals surface area contributed by atoms with E-state index in [1.165, 1.54) is 39.2 Å². The highest BCUT2D eigenvalue weighted by Gasteiger charge is 2.25. The minimum absolute atomic E-state index is 0.0350. The normalized spacial score (nSPS) is 21.0. The Morgan fingerprint density at radius 3 is 1.49 bits per heavy atom. The second-order valence-electron chi connectivity index (χ2n) is 12.3. The van der Waals surface area contributed by atoms with Crippen LogP contribution >= 0.6 is 22.1 Å². The lowest BCUT2D eigenvalue weighted by Crippen LogP contribution is -2.48. The number of nitrogens with zero attached hydrogens (tertiary/aromatic N) is 4. The number of unbranched alkanes of at least 4 members (excludes halogenated alkanes) is 1. The number of benzene rings is 1. The maximum atomic E-state index is 12.9. The van der Waals surface area contributed by atoms with E-state index in [0.29, 0.717) is 77.5 Å². The zero-order valence-electron chi connectivity index (χ0n) is 27.9. The fourth-order valence-electron chi connectivity index (χ4n) is 5.06. The summed E-state index contributed by atoms with van der Waals surface area (Å²) in [6, 6.07) is 6.06. The lowest BCUT2D eigenvalue weighted by atomic mass is 10.3. The highest BCUT2D eigenvalue weighted by Crippen LogP contribution is 2.38. The maximum Gasteiger partial charge on any atom is 0.240 e. The standard InChI is InChI=1S/C27H53N6O10P3S/c1-43-25-7-9-26(10-8-25)47(41,42)29-12-6-5-11-28-27(34)21-30-13-15-31(22-44(2,35)36)17-19-33(24-46(4,39)40)20-18-32(16-14-30)23-45(3,37)38/h7-10,29H,5-6,11-24H2,1-4H3,(H,28,34)(H,35,36)(H,37,38)(H,39,40). The summed E-state index contributed by atoms with van der Waals surface area (Å²) in [5, 5.41) is 2.86. The molecule has 0 aromatic heterocycles. The number of ether oxygens (including phenoxy) is 1. The molecule has 1 aliphatic heterocycles. The van der Waals surface area contributed by atoms with Crippen LogP contribution in [-0.4, -0.2) is 167 Å². The molecule has 3 atom stereocenters. The van der Waals surface area contributed by atoms with Crippen LogP contribution < -0.4 is 14.8 Å². The van der Waals surface area contributed by atoms with Crippen molar-refractivity contribution in [3.63, 3.8) is 0 Å². The average molecular weight is 747 g/mol. The van der Waals surface area contributed by atoms with Gasteiger partial charge in [0.25, 0.3) is 0 Å². The van der Waals surface area contributed by atoms with Crippen molar-refractivity contribution >= 4 is 38.0 Å². The van der Waals surface area contributed by atoms with Gasteiger partial charge in [0.15, 0.2) is 0 Å². The van der Waals surface area contributed by atoms with Crippen molar-refractivity contribution in [2.24, 2.45) is 0 Å². The molecule has 2 rings (SSSR count). The second-order valence-corrected chi connectivity index (χ2v) is 21.3. The summed E-state index contributed by atoms with van der Waals surface area (Å²) in [7, 11) is -12.4. The van der Waals surface area contributed by atoms with Crippen molar-refractivity contribution in [1.29, 1.82) is 0 Å². The van der Waals surface area contributed by atoms with Gasteiger partial charge in [0.05, 0.1) is 37.4 Å². The number of sulfonamides is 1. The van der Waals surface area contributed by atoms with Crippen molar-refractivity contribution < 1.29 is 46.3 Å². The van der Waals surface area contributed by atoms with E-state index < -0.39 is 32.1 Å². The quantitative estimate of drug-likeness (QED) is 0.116. The van der Waals surface area contributed by atoms with E-state index in [1.807, 2.05) is 14.7 Å². The molecule has 1 saturated heterocycles. The Morgan fingerprint density at radius 2 is 1.11 bits per heavy atom.